The van der Waals surface area contributed by atoms with Crippen LogP contribution in [0.5, 0.6) is 0 Å². The Labute approximate surface area is 147 Å². The standard InChI is InChI=1S/C18H23ClN4O/c1-3-23-14(8-11-20-23)9-12-21(2)17-10-13-22(18(17)24)16-7-5-4-6-15(16)19/h4-8,11,17H,3,9-10,12-13H2,1-2H3. The number of likely N-dealkylation sites (N-methyl/N-ethyl adjacent to an activating group) is 1. The highest BCUT2D eigenvalue weighted by atomic mass is 35.5. The molecule has 1 aliphatic heterocycles. The predicted molar refractivity (Wildman–Crippen MR) is 96.4 cm³/mol. The number of hydrogen-bond acceptors (Lipinski definition) is 3. The van der Waals surface area contributed by atoms with E-state index in [-0.39, 0.29) is 11.9 Å². The lowest BCUT2D eigenvalue weighted by Crippen LogP contribution is -2.40. The number of halogens is 1. The first kappa shape index (κ1) is 17.0. The van der Waals surface area contributed by atoms with E-state index >= 15 is 0 Å². The summed E-state index contributed by atoms with van der Waals surface area (Å²) < 4.78 is 2.00. The van der Waals surface area contributed by atoms with E-state index < -0.39 is 0 Å². The Kier molecular flexibility index (Phi) is 5.21. The van der Waals surface area contributed by atoms with Crippen LogP contribution in [0.2, 0.25) is 5.02 Å². The van der Waals surface area contributed by atoms with E-state index in [1.54, 1.807) is 4.90 Å². The van der Waals surface area contributed by atoms with Gasteiger partial charge in [-0.3, -0.25) is 14.4 Å². The minimum atomic E-state index is -0.0840. The van der Waals surface area contributed by atoms with E-state index in [0.717, 1.165) is 31.6 Å². The summed E-state index contributed by atoms with van der Waals surface area (Å²) in [5.41, 5.74) is 2.02. The molecule has 5 nitrogen and oxygen atoms in total. The maximum atomic E-state index is 12.8. The van der Waals surface area contributed by atoms with Crippen molar-refractivity contribution in [1.29, 1.82) is 0 Å². The summed E-state index contributed by atoms with van der Waals surface area (Å²) in [4.78, 5) is 16.7. The molecule has 0 saturated carbocycles. The highest BCUT2D eigenvalue weighted by molar-refractivity contribution is 6.33. The number of carbonyl (C=O) groups excluding carboxylic acids is 1. The lowest BCUT2D eigenvalue weighted by Gasteiger charge is -2.24. The van der Waals surface area contributed by atoms with Gasteiger partial charge in [-0.2, -0.15) is 5.10 Å². The average Bonchev–Trinajstić information content (AvgIpc) is 3.19. The number of para-hydroxylation sites is 1. The summed E-state index contributed by atoms with van der Waals surface area (Å²) in [6.07, 6.45) is 3.55. The zero-order valence-electron chi connectivity index (χ0n) is 14.2. The molecular formula is C18H23ClN4O. The first-order valence-corrected chi connectivity index (χ1v) is 8.76. The minimum Gasteiger partial charge on any atom is -0.310 e. The van der Waals surface area contributed by atoms with Crippen LogP contribution in [0.3, 0.4) is 0 Å². The van der Waals surface area contributed by atoms with Crippen molar-refractivity contribution in [2.24, 2.45) is 0 Å². The van der Waals surface area contributed by atoms with Gasteiger partial charge in [0.1, 0.15) is 0 Å². The molecular weight excluding hydrogens is 324 g/mol. The molecule has 1 aliphatic rings. The van der Waals surface area contributed by atoms with Gasteiger partial charge in [0.15, 0.2) is 0 Å². The second-order valence-electron chi connectivity index (χ2n) is 6.11. The van der Waals surface area contributed by atoms with E-state index in [1.807, 2.05) is 48.3 Å². The predicted octanol–water partition coefficient (Wildman–Crippen LogP) is 2.84. The maximum absolute atomic E-state index is 12.8. The molecule has 1 amide bonds. The molecule has 0 N–H and O–H groups in total. The Hall–Kier alpha value is -1.85. The second kappa shape index (κ2) is 7.36. The van der Waals surface area contributed by atoms with Crippen LogP contribution in [0.1, 0.15) is 19.0 Å². The van der Waals surface area contributed by atoms with Gasteiger partial charge in [-0.25, -0.2) is 0 Å². The van der Waals surface area contributed by atoms with Crippen molar-refractivity contribution in [1.82, 2.24) is 14.7 Å². The normalized spacial score (nSPS) is 17.9. The van der Waals surface area contributed by atoms with Crippen LogP contribution < -0.4 is 4.90 Å². The maximum Gasteiger partial charge on any atom is 0.244 e. The van der Waals surface area contributed by atoms with Gasteiger partial charge < -0.3 is 4.90 Å². The smallest absolute Gasteiger partial charge is 0.244 e. The number of rotatable bonds is 6. The fourth-order valence-corrected chi connectivity index (χ4v) is 3.53. The third-order valence-electron chi connectivity index (χ3n) is 4.68. The fourth-order valence-electron chi connectivity index (χ4n) is 3.29. The molecule has 1 saturated heterocycles. The van der Waals surface area contributed by atoms with Gasteiger partial charge in [-0.15, -0.1) is 0 Å². The molecule has 0 bridgehead atoms. The molecule has 1 aromatic carbocycles. The molecule has 24 heavy (non-hydrogen) atoms. The third kappa shape index (κ3) is 3.32. The van der Waals surface area contributed by atoms with Crippen molar-refractivity contribution in [3.8, 4) is 0 Å². The van der Waals surface area contributed by atoms with E-state index in [4.69, 9.17) is 11.6 Å². The molecule has 3 rings (SSSR count). The molecule has 1 fully saturated rings. The topological polar surface area (TPSA) is 41.4 Å². The van der Waals surface area contributed by atoms with Crippen molar-refractivity contribution < 1.29 is 4.79 Å². The fraction of sp³-hybridized carbons (Fsp3) is 0.444. The van der Waals surface area contributed by atoms with Crippen LogP contribution >= 0.6 is 11.6 Å². The van der Waals surface area contributed by atoms with Crippen molar-refractivity contribution in [2.45, 2.75) is 32.4 Å². The average molecular weight is 347 g/mol. The quantitative estimate of drug-likeness (QED) is 0.807. The molecule has 1 unspecified atom stereocenters. The number of hydrogen-bond donors (Lipinski definition) is 0. The van der Waals surface area contributed by atoms with E-state index in [2.05, 4.69) is 16.9 Å². The molecule has 2 aromatic rings. The van der Waals surface area contributed by atoms with Gasteiger partial charge in [0.2, 0.25) is 5.91 Å². The Morgan fingerprint density at radius 3 is 2.88 bits per heavy atom. The lowest BCUT2D eigenvalue weighted by atomic mass is 10.2. The van der Waals surface area contributed by atoms with Crippen molar-refractivity contribution in [3.05, 3.63) is 47.2 Å². The van der Waals surface area contributed by atoms with Gasteiger partial charge in [-0.05, 0) is 38.6 Å². The molecule has 2 heterocycles. The number of aromatic nitrogens is 2. The number of amides is 1. The first-order chi connectivity index (χ1) is 11.6. The monoisotopic (exact) mass is 346 g/mol. The van der Waals surface area contributed by atoms with Gasteiger partial charge in [0, 0.05) is 37.9 Å². The number of anilines is 1. The molecule has 6 heteroatoms. The van der Waals surface area contributed by atoms with E-state index in [1.165, 1.54) is 5.69 Å². The number of nitrogens with zero attached hydrogens (tertiary/aromatic N) is 4. The summed E-state index contributed by atoms with van der Waals surface area (Å²) in [5, 5.41) is 4.92. The molecule has 1 atom stereocenters. The van der Waals surface area contributed by atoms with Gasteiger partial charge in [0.25, 0.3) is 0 Å². The van der Waals surface area contributed by atoms with Crippen LogP contribution in [-0.2, 0) is 17.8 Å². The summed E-state index contributed by atoms with van der Waals surface area (Å²) in [7, 11) is 2.02. The highest BCUT2D eigenvalue weighted by Crippen LogP contribution is 2.30. The summed E-state index contributed by atoms with van der Waals surface area (Å²) >= 11 is 6.24. The first-order valence-electron chi connectivity index (χ1n) is 8.38. The Balaban J connectivity index is 1.63. The van der Waals surface area contributed by atoms with E-state index in [9.17, 15) is 4.79 Å². The number of aryl methyl sites for hydroxylation is 1. The molecule has 0 spiro atoms. The van der Waals surface area contributed by atoms with Crippen molar-refractivity contribution in [2.75, 3.05) is 25.0 Å². The summed E-state index contributed by atoms with van der Waals surface area (Å²) in [5.74, 6) is 0.134. The van der Waals surface area contributed by atoms with Crippen LogP contribution in [-0.4, -0.2) is 46.8 Å². The minimum absolute atomic E-state index is 0.0840. The SMILES string of the molecule is CCn1nccc1CCN(C)C1CCN(c2ccccc2Cl)C1=O. The Morgan fingerprint density at radius 2 is 2.12 bits per heavy atom. The van der Waals surface area contributed by atoms with Crippen LogP contribution in [0.4, 0.5) is 5.69 Å². The van der Waals surface area contributed by atoms with Crippen molar-refractivity contribution >= 4 is 23.2 Å². The van der Waals surface area contributed by atoms with Crippen LogP contribution in [0.25, 0.3) is 0 Å². The van der Waals surface area contributed by atoms with Gasteiger partial charge in [-0.1, -0.05) is 23.7 Å². The zero-order chi connectivity index (χ0) is 17.1. The Bertz CT molecular complexity index is 715. The molecule has 128 valence electrons. The van der Waals surface area contributed by atoms with Crippen molar-refractivity contribution in [3.63, 3.8) is 0 Å². The largest absolute Gasteiger partial charge is 0.310 e. The number of benzene rings is 1. The summed E-state index contributed by atoms with van der Waals surface area (Å²) in [6.45, 7) is 4.50. The lowest BCUT2D eigenvalue weighted by molar-refractivity contribution is -0.121. The molecule has 0 aliphatic carbocycles. The molecule has 1 aromatic heterocycles. The number of carbonyl (C=O) groups is 1. The highest BCUT2D eigenvalue weighted by Gasteiger charge is 2.35. The second-order valence-corrected chi connectivity index (χ2v) is 6.52. The zero-order valence-corrected chi connectivity index (χ0v) is 14.9. The van der Waals surface area contributed by atoms with Gasteiger partial charge >= 0.3 is 0 Å². The van der Waals surface area contributed by atoms with Gasteiger partial charge in [0.05, 0.1) is 16.8 Å². The Morgan fingerprint density at radius 1 is 1.33 bits per heavy atom. The van der Waals surface area contributed by atoms with Crippen LogP contribution in [0, 0.1) is 0 Å². The third-order valence-corrected chi connectivity index (χ3v) is 5.00. The van der Waals surface area contributed by atoms with Crippen LogP contribution in [0.15, 0.2) is 36.5 Å². The van der Waals surface area contributed by atoms with E-state index in [0.29, 0.717) is 11.6 Å². The summed E-state index contributed by atoms with van der Waals surface area (Å²) in [6, 6.07) is 9.49. The molecule has 0 radical (unpaired) electrons.